The molecule has 0 fully saturated rings. The van der Waals surface area contributed by atoms with Gasteiger partial charge in [-0.15, -0.1) is 0 Å². The van der Waals surface area contributed by atoms with Crippen molar-refractivity contribution in [1.82, 2.24) is 10.4 Å². The Balaban J connectivity index is 2.56. The Hall–Kier alpha value is -1.17. The molecular weight excluding hydrogens is 204 g/mol. The number of aromatic nitrogens is 1. The van der Waals surface area contributed by atoms with Crippen LogP contribution in [0.4, 0.5) is 5.82 Å². The maximum Gasteiger partial charge on any atom is 0.123 e. The molecule has 5 heteroatoms. The van der Waals surface area contributed by atoms with Gasteiger partial charge in [0.15, 0.2) is 0 Å². The predicted octanol–water partition coefficient (Wildman–Crippen LogP) is 0.463. The number of hydrazine groups is 1. The van der Waals surface area contributed by atoms with E-state index in [1.807, 2.05) is 19.1 Å². The first kappa shape index (κ1) is 12.9. The number of anilines is 1. The molecule has 0 amide bonds. The van der Waals surface area contributed by atoms with Crippen LogP contribution in [0.1, 0.15) is 18.9 Å². The van der Waals surface area contributed by atoms with Crippen molar-refractivity contribution in [3.05, 3.63) is 23.9 Å². The number of nitrogen functional groups attached to an aromatic ring is 1. The first-order valence-electron chi connectivity index (χ1n) is 5.35. The second-order valence-electron chi connectivity index (χ2n) is 3.94. The summed E-state index contributed by atoms with van der Waals surface area (Å²) >= 11 is 0. The topological polar surface area (TPSA) is 86.2 Å². The van der Waals surface area contributed by atoms with Crippen LogP contribution in [0, 0.1) is 0 Å². The van der Waals surface area contributed by atoms with Crippen molar-refractivity contribution >= 4 is 5.82 Å². The molecule has 0 aliphatic rings. The highest BCUT2D eigenvalue weighted by Crippen LogP contribution is 2.10. The lowest BCUT2D eigenvalue weighted by Gasteiger charge is -2.19. The van der Waals surface area contributed by atoms with E-state index in [0.29, 0.717) is 5.82 Å². The maximum absolute atomic E-state index is 5.62. The highest BCUT2D eigenvalue weighted by molar-refractivity contribution is 5.32. The van der Waals surface area contributed by atoms with Gasteiger partial charge in [0, 0.05) is 19.3 Å². The minimum atomic E-state index is 0.178. The summed E-state index contributed by atoms with van der Waals surface area (Å²) in [4.78, 5) is 3.95. The van der Waals surface area contributed by atoms with Crippen LogP contribution in [-0.2, 0) is 11.2 Å². The van der Waals surface area contributed by atoms with Crippen molar-refractivity contribution in [2.75, 3.05) is 12.8 Å². The van der Waals surface area contributed by atoms with E-state index in [9.17, 15) is 0 Å². The molecule has 1 heterocycles. The molecule has 16 heavy (non-hydrogen) atoms. The van der Waals surface area contributed by atoms with Crippen LogP contribution in [0.25, 0.3) is 0 Å². The Morgan fingerprint density at radius 2 is 2.31 bits per heavy atom. The Kier molecular flexibility index (Phi) is 5.18. The second kappa shape index (κ2) is 6.42. The van der Waals surface area contributed by atoms with Gasteiger partial charge in [-0.1, -0.05) is 0 Å². The molecule has 2 atom stereocenters. The molecule has 1 aromatic rings. The van der Waals surface area contributed by atoms with E-state index in [1.165, 1.54) is 0 Å². The largest absolute Gasteiger partial charge is 0.384 e. The van der Waals surface area contributed by atoms with E-state index in [2.05, 4.69) is 10.4 Å². The summed E-state index contributed by atoms with van der Waals surface area (Å²) in [5.41, 5.74) is 9.53. The Morgan fingerprint density at radius 1 is 1.56 bits per heavy atom. The minimum absolute atomic E-state index is 0.178. The van der Waals surface area contributed by atoms with Crippen molar-refractivity contribution in [1.29, 1.82) is 0 Å². The standard InChI is InChI=1S/C11H20N4O/c1-8(16-2)5-10(15-13)6-9-3-4-14-11(12)7-9/h3-4,7-8,10,15H,5-6,13H2,1-2H3,(H2,12,14). The molecule has 0 aliphatic heterocycles. The zero-order valence-electron chi connectivity index (χ0n) is 9.81. The molecule has 90 valence electrons. The van der Waals surface area contributed by atoms with Crippen molar-refractivity contribution in [3.63, 3.8) is 0 Å². The average Bonchev–Trinajstić information content (AvgIpc) is 2.28. The summed E-state index contributed by atoms with van der Waals surface area (Å²) in [6.07, 6.45) is 3.56. The lowest BCUT2D eigenvalue weighted by molar-refractivity contribution is 0.100. The van der Waals surface area contributed by atoms with Gasteiger partial charge in [-0.25, -0.2) is 4.98 Å². The molecule has 0 aromatic carbocycles. The van der Waals surface area contributed by atoms with Crippen LogP contribution in [0.5, 0.6) is 0 Å². The molecular formula is C11H20N4O. The second-order valence-corrected chi connectivity index (χ2v) is 3.94. The van der Waals surface area contributed by atoms with Crippen molar-refractivity contribution in [3.8, 4) is 0 Å². The normalized spacial score (nSPS) is 14.7. The molecule has 0 bridgehead atoms. The molecule has 5 nitrogen and oxygen atoms in total. The van der Waals surface area contributed by atoms with E-state index in [-0.39, 0.29) is 12.1 Å². The van der Waals surface area contributed by atoms with E-state index < -0.39 is 0 Å². The first-order valence-corrected chi connectivity index (χ1v) is 5.35. The number of hydrogen-bond donors (Lipinski definition) is 3. The molecule has 0 saturated carbocycles. The third-order valence-corrected chi connectivity index (χ3v) is 2.58. The first-order chi connectivity index (χ1) is 7.65. The van der Waals surface area contributed by atoms with Gasteiger partial charge >= 0.3 is 0 Å². The van der Waals surface area contributed by atoms with Crippen LogP contribution in [-0.4, -0.2) is 24.2 Å². The van der Waals surface area contributed by atoms with E-state index in [4.69, 9.17) is 16.3 Å². The summed E-state index contributed by atoms with van der Waals surface area (Å²) < 4.78 is 5.21. The lowest BCUT2D eigenvalue weighted by Crippen LogP contribution is -2.39. The number of nitrogens with one attached hydrogen (secondary N) is 1. The van der Waals surface area contributed by atoms with Gasteiger partial charge in [0.05, 0.1) is 6.10 Å². The zero-order chi connectivity index (χ0) is 12.0. The van der Waals surface area contributed by atoms with Crippen LogP contribution in [0.15, 0.2) is 18.3 Å². The minimum Gasteiger partial charge on any atom is -0.384 e. The summed E-state index contributed by atoms with van der Waals surface area (Å²) in [7, 11) is 1.70. The van der Waals surface area contributed by atoms with E-state index in [0.717, 1.165) is 18.4 Å². The highest BCUT2D eigenvalue weighted by atomic mass is 16.5. The Morgan fingerprint density at radius 3 is 2.88 bits per heavy atom. The van der Waals surface area contributed by atoms with Crippen molar-refractivity contribution in [2.24, 2.45) is 5.84 Å². The summed E-state index contributed by atoms with van der Waals surface area (Å²) in [6.45, 7) is 2.02. The van der Waals surface area contributed by atoms with Crippen molar-refractivity contribution in [2.45, 2.75) is 31.9 Å². The van der Waals surface area contributed by atoms with Gasteiger partial charge in [-0.2, -0.15) is 0 Å². The highest BCUT2D eigenvalue weighted by Gasteiger charge is 2.12. The van der Waals surface area contributed by atoms with Crippen LogP contribution >= 0.6 is 0 Å². The third-order valence-electron chi connectivity index (χ3n) is 2.58. The smallest absolute Gasteiger partial charge is 0.123 e. The van der Waals surface area contributed by atoms with Gasteiger partial charge in [-0.05, 0) is 37.5 Å². The number of rotatable bonds is 6. The third kappa shape index (κ3) is 4.14. The number of ether oxygens (including phenoxy) is 1. The fourth-order valence-corrected chi connectivity index (χ4v) is 1.61. The van der Waals surface area contributed by atoms with Crippen LogP contribution < -0.4 is 17.0 Å². The maximum atomic E-state index is 5.62. The lowest BCUT2D eigenvalue weighted by atomic mass is 10.0. The number of pyridine rings is 1. The summed E-state index contributed by atoms with van der Waals surface area (Å²) in [5, 5.41) is 0. The Labute approximate surface area is 96.2 Å². The predicted molar refractivity (Wildman–Crippen MR) is 64.6 cm³/mol. The molecule has 1 aromatic heterocycles. The van der Waals surface area contributed by atoms with E-state index in [1.54, 1.807) is 13.3 Å². The quantitative estimate of drug-likeness (QED) is 0.483. The van der Waals surface area contributed by atoms with Gasteiger partial charge < -0.3 is 10.5 Å². The number of methoxy groups -OCH3 is 1. The molecule has 0 aliphatic carbocycles. The van der Waals surface area contributed by atoms with Gasteiger partial charge in [-0.3, -0.25) is 11.3 Å². The van der Waals surface area contributed by atoms with Crippen LogP contribution in [0.3, 0.4) is 0 Å². The van der Waals surface area contributed by atoms with E-state index >= 15 is 0 Å². The van der Waals surface area contributed by atoms with Crippen LogP contribution in [0.2, 0.25) is 0 Å². The molecule has 2 unspecified atom stereocenters. The fourth-order valence-electron chi connectivity index (χ4n) is 1.61. The number of nitrogens with two attached hydrogens (primary N) is 2. The summed E-state index contributed by atoms with van der Waals surface area (Å²) in [5.74, 6) is 6.04. The van der Waals surface area contributed by atoms with Gasteiger partial charge in [0.25, 0.3) is 0 Å². The Bertz CT molecular complexity index is 319. The average molecular weight is 224 g/mol. The van der Waals surface area contributed by atoms with Crippen molar-refractivity contribution < 1.29 is 4.74 Å². The number of nitrogens with zero attached hydrogens (tertiary/aromatic N) is 1. The SMILES string of the molecule is COC(C)CC(Cc1ccnc(N)c1)NN. The summed E-state index contributed by atoms with van der Waals surface area (Å²) in [6, 6.07) is 3.98. The monoisotopic (exact) mass is 224 g/mol. The molecule has 5 N–H and O–H groups in total. The molecule has 0 radical (unpaired) electrons. The van der Waals surface area contributed by atoms with Gasteiger partial charge in [0.1, 0.15) is 5.82 Å². The van der Waals surface area contributed by atoms with Gasteiger partial charge in [0.2, 0.25) is 0 Å². The zero-order valence-corrected chi connectivity index (χ0v) is 9.81. The molecule has 0 saturated heterocycles. The molecule has 1 rings (SSSR count). The number of hydrogen-bond acceptors (Lipinski definition) is 5. The molecule has 0 spiro atoms. The fraction of sp³-hybridized carbons (Fsp3) is 0.545.